The molecule has 0 spiro atoms. The Hall–Kier alpha value is -8.34. The molecule has 0 radical (unpaired) electrons. The standard InChI is InChI=1S/C76H82F2N6O8/c1-7-83(8-2)61-31-63-60(66(72(88)80-6)68(91-63)50-15-19-56(78)20-16-50)30-58(61)53-25-44(26-54(28-53)70(86)82-74-35-47-24-48(36-74)40-76(90,39-47)42-74)21-22-84(9-3)62-32-64-59(65(71(87)79-5)67(92-64)49-13-17-55(77)18-14-49)29-57(62)51-11-10-12-52(27-51)69(85)81-43(4)73-33-45-23-46(34-73)38-75(89,37-45)41-73/h10-20,25-32,43,45-48,89-90H,7-9,21-24,33-42H2,1-6H3,(H,79,87)(H,80,88)(H,81,85)(H,82,86)/t43?,45-,46+,47-,48+,73+,74+,75-,76-. The van der Waals surface area contributed by atoms with E-state index in [9.17, 15) is 33.4 Å². The van der Waals surface area contributed by atoms with Crippen LogP contribution in [-0.2, 0) is 6.42 Å². The molecule has 0 saturated heterocycles. The van der Waals surface area contributed by atoms with Crippen LogP contribution in [0.3, 0.4) is 0 Å². The number of rotatable bonds is 19. The Morgan fingerprint density at radius 1 is 0.554 bits per heavy atom. The maximum Gasteiger partial charge on any atom is 0.255 e. The summed E-state index contributed by atoms with van der Waals surface area (Å²) < 4.78 is 42.1. The fourth-order valence-corrected chi connectivity index (χ4v) is 18.7. The average molecular weight is 1250 g/mol. The van der Waals surface area contributed by atoms with E-state index >= 15 is 4.79 Å². The molecule has 16 heteroatoms. The number of amides is 4. The van der Waals surface area contributed by atoms with E-state index in [0.717, 1.165) is 103 Å². The lowest BCUT2D eigenvalue weighted by molar-refractivity contribution is -0.171. The molecule has 8 aliphatic rings. The van der Waals surface area contributed by atoms with Crippen molar-refractivity contribution >= 4 is 56.9 Å². The fourth-order valence-electron chi connectivity index (χ4n) is 18.7. The maximum absolute atomic E-state index is 15.3. The Kier molecular flexibility index (Phi) is 15.5. The van der Waals surface area contributed by atoms with Crippen LogP contribution in [0, 0.1) is 40.7 Å². The van der Waals surface area contributed by atoms with Gasteiger partial charge in [0.15, 0.2) is 0 Å². The zero-order chi connectivity index (χ0) is 64.2. The molecule has 16 rings (SSSR count). The highest BCUT2D eigenvalue weighted by Gasteiger charge is 2.60. The van der Waals surface area contributed by atoms with E-state index in [2.05, 4.69) is 64.8 Å². The predicted molar refractivity (Wildman–Crippen MR) is 355 cm³/mol. The van der Waals surface area contributed by atoms with Crippen LogP contribution in [0.5, 0.6) is 0 Å². The lowest BCUT2D eigenvalue weighted by Crippen LogP contribution is -2.65. The van der Waals surface area contributed by atoms with Crippen molar-refractivity contribution in [2.45, 2.75) is 134 Å². The molecule has 2 heterocycles. The van der Waals surface area contributed by atoms with E-state index in [4.69, 9.17) is 8.83 Å². The number of hydrogen-bond donors (Lipinski definition) is 6. The number of fused-ring (bicyclic) bond motifs is 2. The number of halogens is 2. The molecule has 92 heavy (non-hydrogen) atoms. The van der Waals surface area contributed by atoms with E-state index in [1.807, 2.05) is 60.7 Å². The van der Waals surface area contributed by atoms with E-state index in [1.165, 1.54) is 24.3 Å². The molecule has 8 aromatic rings. The smallest absolute Gasteiger partial charge is 0.255 e. The van der Waals surface area contributed by atoms with Crippen LogP contribution in [0.25, 0.3) is 66.8 Å². The third-order valence-corrected chi connectivity index (χ3v) is 22.0. The van der Waals surface area contributed by atoms with Crippen LogP contribution in [0.15, 0.2) is 124 Å². The van der Waals surface area contributed by atoms with E-state index in [1.54, 1.807) is 38.4 Å². The molecule has 6 aromatic carbocycles. The van der Waals surface area contributed by atoms with Crippen molar-refractivity contribution in [1.82, 2.24) is 21.3 Å². The van der Waals surface area contributed by atoms with Crippen LogP contribution in [0.1, 0.15) is 152 Å². The van der Waals surface area contributed by atoms with Gasteiger partial charge in [-0.15, -0.1) is 0 Å². The summed E-state index contributed by atoms with van der Waals surface area (Å²) in [6.07, 6.45) is 10.6. The molecular formula is C76H82F2N6O8. The number of nitrogens with one attached hydrogen (secondary N) is 4. The van der Waals surface area contributed by atoms with Crippen LogP contribution < -0.4 is 31.1 Å². The number of furan rings is 2. The second-order valence-corrected chi connectivity index (χ2v) is 28.2. The second-order valence-electron chi connectivity index (χ2n) is 28.2. The first-order chi connectivity index (χ1) is 44.2. The number of aliphatic hydroxyl groups is 2. The first-order valence-corrected chi connectivity index (χ1v) is 33.2. The molecule has 8 fully saturated rings. The molecule has 2 aromatic heterocycles. The van der Waals surface area contributed by atoms with Crippen LogP contribution in [0.4, 0.5) is 20.2 Å². The summed E-state index contributed by atoms with van der Waals surface area (Å²) in [6, 6.07) is 32.9. The SMILES string of the molecule is CCN(CC)c1cc2oc(-c3ccc(F)cc3)c(C(=O)NC)c2cc1-c1cc(CCN(CC)c2cc3oc(-c4ccc(F)cc4)c(C(=O)NC)c3cc2-c2cccc(C(=O)NC(C)[C@@]34C[C@@H]5C[C@@H](C[C@@](O)(C5)C3)C4)c2)cc(C(=O)N[C@@]23C[C@@H]4C[C@@H](C[C@@](O)(C4)C2)C3)c1. The Bertz CT molecular complexity index is 4220. The Labute approximate surface area is 535 Å². The Balaban J connectivity index is 0.876. The predicted octanol–water partition coefficient (Wildman–Crippen LogP) is 14.0. The number of anilines is 2. The largest absolute Gasteiger partial charge is 0.455 e. The van der Waals surface area contributed by atoms with Crippen LogP contribution in [0.2, 0.25) is 0 Å². The summed E-state index contributed by atoms with van der Waals surface area (Å²) in [6.45, 7) is 10.5. The van der Waals surface area contributed by atoms with Crippen molar-refractivity contribution in [1.29, 1.82) is 0 Å². The molecule has 0 aliphatic heterocycles. The van der Waals surface area contributed by atoms with Crippen molar-refractivity contribution in [2.75, 3.05) is 50.1 Å². The second kappa shape index (κ2) is 23.3. The van der Waals surface area contributed by atoms with Gasteiger partial charge < -0.3 is 50.1 Å². The van der Waals surface area contributed by atoms with Gasteiger partial charge in [0.25, 0.3) is 23.6 Å². The van der Waals surface area contributed by atoms with Crippen LogP contribution in [-0.4, -0.2) is 96.9 Å². The normalized spacial score (nSPS) is 25.3. The Morgan fingerprint density at radius 3 is 1.57 bits per heavy atom. The van der Waals surface area contributed by atoms with Crippen molar-refractivity contribution in [2.24, 2.45) is 29.1 Å². The number of carbonyl (C=O) groups excluding carboxylic acids is 4. The number of likely N-dealkylation sites (N-methyl/N-ethyl adjacent to an activating group) is 1. The Morgan fingerprint density at radius 2 is 1.05 bits per heavy atom. The number of carbonyl (C=O) groups is 4. The molecule has 6 N–H and O–H groups in total. The van der Waals surface area contributed by atoms with E-state index < -0.39 is 34.3 Å². The first kappa shape index (κ1) is 61.2. The minimum Gasteiger partial charge on any atom is -0.455 e. The highest BCUT2D eigenvalue weighted by atomic mass is 19.1. The molecule has 8 bridgehead atoms. The van der Waals surface area contributed by atoms with Gasteiger partial charge in [0.2, 0.25) is 0 Å². The lowest BCUT2D eigenvalue weighted by Gasteiger charge is -2.62. The summed E-state index contributed by atoms with van der Waals surface area (Å²) >= 11 is 0. The summed E-state index contributed by atoms with van der Waals surface area (Å²) in [7, 11) is 3.12. The van der Waals surface area contributed by atoms with Gasteiger partial charge in [0.05, 0.1) is 22.3 Å². The van der Waals surface area contributed by atoms with Gasteiger partial charge in [-0.2, -0.15) is 0 Å². The highest BCUT2D eigenvalue weighted by molar-refractivity contribution is 6.14. The summed E-state index contributed by atoms with van der Waals surface area (Å²) in [5, 5.41) is 37.1. The molecular weight excluding hydrogens is 1160 g/mol. The zero-order valence-electron chi connectivity index (χ0n) is 53.4. The van der Waals surface area contributed by atoms with E-state index in [0.29, 0.717) is 125 Å². The summed E-state index contributed by atoms with van der Waals surface area (Å²) in [5.74, 6) is 0.106. The minimum absolute atomic E-state index is 0.169. The molecule has 9 atom stereocenters. The van der Waals surface area contributed by atoms with Gasteiger partial charge in [0, 0.05) is 120 Å². The highest BCUT2D eigenvalue weighted by Crippen LogP contribution is 2.63. The number of hydrogen-bond acceptors (Lipinski definition) is 10. The van der Waals surface area contributed by atoms with E-state index in [-0.39, 0.29) is 40.5 Å². The number of nitrogens with zero attached hydrogens (tertiary/aromatic N) is 2. The molecule has 4 amide bonds. The van der Waals surface area contributed by atoms with Gasteiger partial charge in [-0.05, 0) is 242 Å². The van der Waals surface area contributed by atoms with Crippen molar-refractivity contribution < 1.29 is 47.0 Å². The summed E-state index contributed by atoms with van der Waals surface area (Å²) in [4.78, 5) is 62.6. The maximum atomic E-state index is 15.3. The summed E-state index contributed by atoms with van der Waals surface area (Å²) in [5.41, 5.74) is 6.65. The molecule has 8 saturated carbocycles. The van der Waals surface area contributed by atoms with Gasteiger partial charge in [-0.3, -0.25) is 19.2 Å². The first-order valence-electron chi connectivity index (χ1n) is 33.2. The topological polar surface area (TPSA) is 190 Å². The monoisotopic (exact) mass is 1240 g/mol. The van der Waals surface area contributed by atoms with Gasteiger partial charge >= 0.3 is 0 Å². The third kappa shape index (κ3) is 11.0. The van der Waals surface area contributed by atoms with Gasteiger partial charge in [0.1, 0.15) is 34.3 Å². The molecule has 1 unspecified atom stereocenters. The lowest BCUT2D eigenvalue weighted by atomic mass is 9.46. The quantitative estimate of drug-likeness (QED) is 0.0454. The molecule has 478 valence electrons. The fraction of sp³-hybridized carbons (Fsp3) is 0.421. The van der Waals surface area contributed by atoms with Gasteiger partial charge in [-0.1, -0.05) is 18.2 Å². The molecule has 14 nitrogen and oxygen atoms in total. The number of benzene rings is 6. The minimum atomic E-state index is -0.808. The third-order valence-electron chi connectivity index (χ3n) is 22.0. The van der Waals surface area contributed by atoms with Crippen molar-refractivity contribution in [3.8, 4) is 44.9 Å². The van der Waals surface area contributed by atoms with Crippen molar-refractivity contribution in [3.63, 3.8) is 0 Å². The zero-order valence-corrected chi connectivity index (χ0v) is 53.4. The van der Waals surface area contributed by atoms with Gasteiger partial charge in [-0.25, -0.2) is 8.78 Å². The van der Waals surface area contributed by atoms with Crippen LogP contribution >= 0.6 is 0 Å². The van der Waals surface area contributed by atoms with Crippen molar-refractivity contribution in [3.05, 3.63) is 155 Å². The molecule has 8 aliphatic carbocycles. The average Bonchev–Trinajstić information content (AvgIpc) is 0.950.